The third-order valence-corrected chi connectivity index (χ3v) is 4.63. The molecule has 2 heterocycles. The van der Waals surface area contributed by atoms with E-state index in [0.717, 1.165) is 12.1 Å². The van der Waals surface area contributed by atoms with Gasteiger partial charge >= 0.3 is 12.1 Å². The number of carboxylic acid groups (broad SMARTS) is 1. The lowest BCUT2D eigenvalue weighted by atomic mass is 9.92. The fourth-order valence-corrected chi connectivity index (χ4v) is 3.00. The highest BCUT2D eigenvalue weighted by Gasteiger charge is 2.44. The highest BCUT2D eigenvalue weighted by molar-refractivity contribution is 5.86. The van der Waals surface area contributed by atoms with Gasteiger partial charge in [-0.05, 0) is 24.8 Å². The van der Waals surface area contributed by atoms with Crippen LogP contribution in [-0.2, 0) is 0 Å². The molecule has 7 nitrogen and oxygen atoms in total. The maximum Gasteiger partial charge on any atom is 0.423 e. The van der Waals surface area contributed by atoms with Gasteiger partial charge in [0.25, 0.3) is 0 Å². The molecule has 0 radical (unpaired) electrons. The fraction of sp³-hybridized carbons (Fsp3) is 0.611. The Bertz CT molecular complexity index is 631. The summed E-state index contributed by atoms with van der Waals surface area (Å²) in [4.78, 5) is 30.2. The summed E-state index contributed by atoms with van der Waals surface area (Å²) in [6.07, 6.45) is -0.0653. The van der Waals surface area contributed by atoms with Crippen molar-refractivity contribution in [3.05, 3.63) is 23.9 Å². The van der Waals surface area contributed by atoms with E-state index in [-0.39, 0.29) is 15.9 Å². The summed E-state index contributed by atoms with van der Waals surface area (Å²) in [5.41, 5.74) is 0.986. The Morgan fingerprint density at radius 3 is 2.44 bits per heavy atom. The van der Waals surface area contributed by atoms with E-state index in [1.807, 2.05) is 25.1 Å². The van der Waals surface area contributed by atoms with Gasteiger partial charge in [0.05, 0.1) is 13.1 Å². The first-order valence-electron chi connectivity index (χ1n) is 8.72. The number of urea groups is 1. The van der Waals surface area contributed by atoms with Crippen LogP contribution in [0.5, 0.6) is 0 Å². The quantitative estimate of drug-likeness (QED) is 0.822. The number of amides is 3. The number of hydrogen-bond donors (Lipinski definition) is 2. The van der Waals surface area contributed by atoms with Crippen molar-refractivity contribution < 1.29 is 14.7 Å². The number of nitrogens with one attached hydrogen (secondary N) is 1. The van der Waals surface area contributed by atoms with E-state index in [4.69, 9.17) is 0 Å². The molecule has 1 fully saturated rings. The first-order valence-corrected chi connectivity index (χ1v) is 8.72. The lowest BCUT2D eigenvalue weighted by Crippen LogP contribution is -2.67. The lowest BCUT2D eigenvalue weighted by Gasteiger charge is -2.40. The predicted molar refractivity (Wildman–Crippen MR) is 97.6 cm³/mol. The molecular formula is C18H29N4O3+. The van der Waals surface area contributed by atoms with Crippen LogP contribution in [-0.4, -0.2) is 59.8 Å². The Morgan fingerprint density at radius 2 is 1.92 bits per heavy atom. The number of aromatic nitrogens is 1. The zero-order chi connectivity index (χ0) is 18.7. The molecule has 0 saturated carbocycles. The average Bonchev–Trinajstić information content (AvgIpc) is 2.53. The Kier molecular flexibility index (Phi) is 5.67. The average molecular weight is 349 g/mol. The van der Waals surface area contributed by atoms with Gasteiger partial charge in [-0.15, -0.1) is 0 Å². The molecule has 2 rings (SSSR count). The first-order chi connectivity index (χ1) is 11.6. The van der Waals surface area contributed by atoms with E-state index >= 15 is 0 Å². The molecular weight excluding hydrogens is 320 g/mol. The van der Waals surface area contributed by atoms with Gasteiger partial charge in [0.15, 0.2) is 0 Å². The Labute approximate surface area is 149 Å². The molecule has 0 bridgehead atoms. The standard InChI is InChI=1S/C18H28N4O3/c1-14-6-5-7-15(20-14)22(12-10-21(11-13-22)17(24)25)16(23)19-9-8-18(2,3)4/h5-7H,8-13H2,1-4H3,(H-,19,23,24,25)/p+1. The van der Waals surface area contributed by atoms with Gasteiger partial charge in [0, 0.05) is 18.3 Å². The summed E-state index contributed by atoms with van der Waals surface area (Å²) >= 11 is 0. The van der Waals surface area contributed by atoms with Crippen molar-refractivity contribution in [2.45, 2.75) is 34.1 Å². The highest BCUT2D eigenvalue weighted by atomic mass is 16.4. The predicted octanol–water partition coefficient (Wildman–Crippen LogP) is 2.84. The lowest BCUT2D eigenvalue weighted by molar-refractivity contribution is 0.111. The second kappa shape index (κ2) is 7.39. The van der Waals surface area contributed by atoms with E-state index in [2.05, 4.69) is 31.1 Å². The number of nitrogens with zero attached hydrogens (tertiary/aromatic N) is 3. The number of aryl methyl sites for hydroxylation is 1. The molecule has 0 unspecified atom stereocenters. The molecule has 0 aliphatic carbocycles. The van der Waals surface area contributed by atoms with E-state index in [0.29, 0.717) is 38.5 Å². The second-order valence-corrected chi connectivity index (χ2v) is 7.86. The molecule has 1 saturated heterocycles. The number of quaternary nitrogens is 1. The highest BCUT2D eigenvalue weighted by Crippen LogP contribution is 2.25. The van der Waals surface area contributed by atoms with Gasteiger partial charge in [0.1, 0.15) is 13.1 Å². The molecule has 1 aromatic rings. The zero-order valence-corrected chi connectivity index (χ0v) is 15.6. The van der Waals surface area contributed by atoms with Crippen LogP contribution in [0.2, 0.25) is 0 Å². The zero-order valence-electron chi connectivity index (χ0n) is 15.6. The first kappa shape index (κ1) is 19.2. The summed E-state index contributed by atoms with van der Waals surface area (Å²) in [5, 5.41) is 12.2. The van der Waals surface area contributed by atoms with Gasteiger partial charge in [-0.3, -0.25) is 4.90 Å². The number of hydrogen-bond acceptors (Lipinski definition) is 3. The molecule has 1 aliphatic rings. The van der Waals surface area contributed by atoms with Crippen LogP contribution in [0.4, 0.5) is 15.4 Å². The molecule has 0 atom stereocenters. The Balaban J connectivity index is 2.21. The van der Waals surface area contributed by atoms with Crippen LogP contribution in [0.1, 0.15) is 32.9 Å². The summed E-state index contributed by atoms with van der Waals surface area (Å²) in [5.74, 6) is 0.679. The largest absolute Gasteiger partial charge is 0.465 e. The number of carbonyl (C=O) groups is 2. The van der Waals surface area contributed by atoms with E-state index in [1.165, 1.54) is 4.90 Å². The van der Waals surface area contributed by atoms with Crippen LogP contribution in [0.25, 0.3) is 0 Å². The molecule has 25 heavy (non-hydrogen) atoms. The molecule has 0 spiro atoms. The topological polar surface area (TPSA) is 82.5 Å². The van der Waals surface area contributed by atoms with E-state index in [9.17, 15) is 14.7 Å². The van der Waals surface area contributed by atoms with Crippen LogP contribution in [0, 0.1) is 12.3 Å². The van der Waals surface area contributed by atoms with Crippen LogP contribution >= 0.6 is 0 Å². The normalized spacial score (nSPS) is 17.2. The minimum Gasteiger partial charge on any atom is -0.465 e. The van der Waals surface area contributed by atoms with Gasteiger partial charge in [-0.1, -0.05) is 26.8 Å². The van der Waals surface area contributed by atoms with Crippen molar-refractivity contribution in [2.24, 2.45) is 5.41 Å². The molecule has 0 aromatic carbocycles. The van der Waals surface area contributed by atoms with Crippen molar-refractivity contribution in [2.75, 3.05) is 32.7 Å². The van der Waals surface area contributed by atoms with Gasteiger partial charge in [-0.2, -0.15) is 4.48 Å². The number of rotatable bonds is 3. The summed E-state index contributed by atoms with van der Waals surface area (Å²) in [7, 11) is 0. The SMILES string of the molecule is Cc1cccc([N+]2(C(=O)NCCC(C)(C)C)CCN(C(=O)O)CC2)n1. The minimum atomic E-state index is -0.942. The van der Waals surface area contributed by atoms with Crippen molar-refractivity contribution in [3.8, 4) is 0 Å². The van der Waals surface area contributed by atoms with Crippen LogP contribution in [0.15, 0.2) is 18.2 Å². The monoisotopic (exact) mass is 349 g/mol. The summed E-state index contributed by atoms with van der Waals surface area (Å²) in [6.45, 7) is 10.3. The number of piperazine rings is 1. The van der Waals surface area contributed by atoms with Crippen molar-refractivity contribution in [3.63, 3.8) is 0 Å². The van der Waals surface area contributed by atoms with E-state index < -0.39 is 6.09 Å². The minimum absolute atomic E-state index is 0.0512. The second-order valence-electron chi connectivity index (χ2n) is 7.86. The summed E-state index contributed by atoms with van der Waals surface area (Å²) < 4.78 is 0.0512. The maximum atomic E-state index is 13.0. The van der Waals surface area contributed by atoms with Crippen molar-refractivity contribution in [1.29, 1.82) is 0 Å². The van der Waals surface area contributed by atoms with Crippen LogP contribution < -0.4 is 9.80 Å². The maximum absolute atomic E-state index is 13.0. The van der Waals surface area contributed by atoms with Gasteiger partial charge in [0.2, 0.25) is 5.82 Å². The smallest absolute Gasteiger partial charge is 0.423 e. The van der Waals surface area contributed by atoms with Gasteiger partial charge < -0.3 is 10.4 Å². The molecule has 138 valence electrons. The molecule has 2 N–H and O–H groups in total. The molecule has 1 aliphatic heterocycles. The third-order valence-electron chi connectivity index (χ3n) is 4.63. The Hall–Kier alpha value is -2.15. The summed E-state index contributed by atoms with van der Waals surface area (Å²) in [6, 6.07) is 5.54. The van der Waals surface area contributed by atoms with Gasteiger partial charge in [-0.25, -0.2) is 14.6 Å². The third kappa shape index (κ3) is 4.69. The van der Waals surface area contributed by atoms with Crippen molar-refractivity contribution in [1.82, 2.24) is 19.7 Å². The molecule has 7 heteroatoms. The fourth-order valence-electron chi connectivity index (χ4n) is 3.00. The van der Waals surface area contributed by atoms with Crippen molar-refractivity contribution >= 4 is 17.9 Å². The van der Waals surface area contributed by atoms with E-state index in [1.54, 1.807) is 0 Å². The van der Waals surface area contributed by atoms with Crippen LogP contribution in [0.3, 0.4) is 0 Å². The number of carbonyl (C=O) groups excluding carboxylic acids is 1. The molecule has 3 amide bonds. The Morgan fingerprint density at radius 1 is 1.28 bits per heavy atom. The molecule has 1 aromatic heterocycles. The number of pyridine rings is 1.